The number of ether oxygens (including phenoxy) is 2. The number of hydrogen-bond donors (Lipinski definition) is 1. The molecule has 0 unspecified atom stereocenters. The van der Waals surface area contributed by atoms with Gasteiger partial charge in [0, 0.05) is 12.2 Å². The van der Waals surface area contributed by atoms with E-state index < -0.39 is 5.97 Å². The molecule has 134 valence electrons. The Kier molecular flexibility index (Phi) is 5.70. The Morgan fingerprint density at radius 2 is 2.16 bits per heavy atom. The van der Waals surface area contributed by atoms with Crippen LogP contribution < -0.4 is 9.47 Å². The third-order valence-corrected chi connectivity index (χ3v) is 4.90. The lowest BCUT2D eigenvalue weighted by Crippen LogP contribution is -2.15. The molecule has 1 aliphatic heterocycles. The fourth-order valence-corrected chi connectivity index (χ4v) is 3.70. The second kappa shape index (κ2) is 7.97. The van der Waals surface area contributed by atoms with Crippen LogP contribution in [0, 0.1) is 0 Å². The number of aryl methyl sites for hydroxylation is 1. The number of halogens is 1. The van der Waals surface area contributed by atoms with Crippen molar-refractivity contribution < 1.29 is 19.4 Å². The summed E-state index contributed by atoms with van der Waals surface area (Å²) in [5, 5.41) is 18.5. The van der Waals surface area contributed by atoms with Gasteiger partial charge < -0.3 is 14.6 Å². The first-order valence-electron chi connectivity index (χ1n) is 7.93. The van der Waals surface area contributed by atoms with Crippen molar-refractivity contribution in [2.24, 2.45) is 0 Å². The highest BCUT2D eigenvalue weighted by molar-refractivity contribution is 7.98. The van der Waals surface area contributed by atoms with Gasteiger partial charge in [-0.1, -0.05) is 30.3 Å². The van der Waals surface area contributed by atoms with Crippen LogP contribution in [0.25, 0.3) is 0 Å². The summed E-state index contributed by atoms with van der Waals surface area (Å²) in [5.74, 6) is 1.54. The predicted molar refractivity (Wildman–Crippen MR) is 93.7 cm³/mol. The van der Waals surface area contributed by atoms with Gasteiger partial charge in [-0.2, -0.15) is 0 Å². The van der Waals surface area contributed by atoms with E-state index in [1.54, 1.807) is 4.57 Å². The molecule has 0 aliphatic carbocycles. The van der Waals surface area contributed by atoms with E-state index in [1.165, 1.54) is 11.8 Å². The van der Waals surface area contributed by atoms with Crippen molar-refractivity contribution in [1.82, 2.24) is 14.8 Å². The molecule has 2 aromatic rings. The number of aliphatic carboxylic acids is 1. The molecular formula is C16H18ClN3O4S. The van der Waals surface area contributed by atoms with Crippen molar-refractivity contribution in [3.63, 3.8) is 0 Å². The number of hydrogen-bond acceptors (Lipinski definition) is 6. The fraction of sp³-hybridized carbons (Fsp3) is 0.438. The molecule has 25 heavy (non-hydrogen) atoms. The van der Waals surface area contributed by atoms with Crippen molar-refractivity contribution in [3.05, 3.63) is 28.5 Å². The maximum absolute atomic E-state index is 11.1. The van der Waals surface area contributed by atoms with Gasteiger partial charge in [0.2, 0.25) is 0 Å². The molecule has 0 saturated carbocycles. The smallest absolute Gasteiger partial charge is 0.323 e. The number of thioether (sulfide) groups is 1. The van der Waals surface area contributed by atoms with Crippen molar-refractivity contribution in [1.29, 1.82) is 0 Å². The van der Waals surface area contributed by atoms with Crippen LogP contribution in [-0.4, -0.2) is 39.1 Å². The van der Waals surface area contributed by atoms with Crippen LogP contribution in [0.15, 0.2) is 17.3 Å². The minimum atomic E-state index is -0.915. The van der Waals surface area contributed by atoms with Crippen molar-refractivity contribution in [3.8, 4) is 11.5 Å². The molecule has 2 heterocycles. The van der Waals surface area contributed by atoms with Crippen LogP contribution in [0.3, 0.4) is 0 Å². The van der Waals surface area contributed by atoms with Crippen LogP contribution in [0.5, 0.6) is 11.5 Å². The van der Waals surface area contributed by atoms with E-state index in [0.29, 0.717) is 52.9 Å². The fourth-order valence-electron chi connectivity index (χ4n) is 2.52. The van der Waals surface area contributed by atoms with Crippen LogP contribution in [0.2, 0.25) is 5.02 Å². The average molecular weight is 384 g/mol. The number of rotatable bonds is 7. The predicted octanol–water partition coefficient (Wildman–Crippen LogP) is 3.03. The van der Waals surface area contributed by atoms with Crippen molar-refractivity contribution in [2.45, 2.75) is 37.2 Å². The van der Waals surface area contributed by atoms with Crippen molar-refractivity contribution >= 4 is 29.3 Å². The molecule has 9 heteroatoms. The highest BCUT2D eigenvalue weighted by Gasteiger charge is 2.18. The number of benzene rings is 1. The molecule has 0 atom stereocenters. The molecular weight excluding hydrogens is 366 g/mol. The molecule has 0 bridgehead atoms. The summed E-state index contributed by atoms with van der Waals surface area (Å²) in [6.45, 7) is 2.85. The lowest BCUT2D eigenvalue weighted by molar-refractivity contribution is -0.137. The summed E-state index contributed by atoms with van der Waals surface area (Å²) in [5.41, 5.74) is 0.946. The van der Waals surface area contributed by atoms with Crippen LogP contribution >= 0.6 is 23.4 Å². The first-order valence-corrected chi connectivity index (χ1v) is 9.29. The zero-order valence-corrected chi connectivity index (χ0v) is 15.3. The first-order chi connectivity index (χ1) is 12.1. The molecule has 0 spiro atoms. The third kappa shape index (κ3) is 4.19. The zero-order chi connectivity index (χ0) is 17.8. The minimum absolute atomic E-state index is 0.146. The van der Waals surface area contributed by atoms with Gasteiger partial charge in [0.15, 0.2) is 16.7 Å². The maximum Gasteiger partial charge on any atom is 0.323 e. The molecule has 1 N–H and O–H groups in total. The lowest BCUT2D eigenvalue weighted by atomic mass is 10.2. The van der Waals surface area contributed by atoms with Crippen LogP contribution in [0.1, 0.15) is 24.7 Å². The third-order valence-electron chi connectivity index (χ3n) is 3.58. The molecule has 0 amide bonds. The van der Waals surface area contributed by atoms with E-state index in [9.17, 15) is 4.79 Å². The second-order valence-corrected chi connectivity index (χ2v) is 6.87. The van der Waals surface area contributed by atoms with Gasteiger partial charge >= 0.3 is 5.97 Å². The number of carbonyl (C=O) groups is 1. The number of aromatic nitrogens is 3. The van der Waals surface area contributed by atoms with E-state index in [-0.39, 0.29) is 6.54 Å². The minimum Gasteiger partial charge on any atom is -0.486 e. The van der Waals surface area contributed by atoms with Gasteiger partial charge in [0.1, 0.15) is 25.6 Å². The molecule has 0 fully saturated rings. The largest absolute Gasteiger partial charge is 0.486 e. The van der Waals surface area contributed by atoms with Gasteiger partial charge in [0.25, 0.3) is 0 Å². The molecule has 0 saturated heterocycles. The van der Waals surface area contributed by atoms with E-state index in [4.69, 9.17) is 26.2 Å². The second-order valence-electron chi connectivity index (χ2n) is 5.52. The molecule has 1 aromatic carbocycles. The number of carboxylic acids is 1. The Hall–Kier alpha value is -1.93. The number of nitrogens with zero attached hydrogens (tertiary/aromatic N) is 3. The Morgan fingerprint density at radius 1 is 1.36 bits per heavy atom. The van der Waals surface area contributed by atoms with Crippen LogP contribution in [-0.2, 0) is 23.5 Å². The zero-order valence-electron chi connectivity index (χ0n) is 13.7. The Morgan fingerprint density at radius 3 is 2.92 bits per heavy atom. The van der Waals surface area contributed by atoms with Crippen LogP contribution in [0.4, 0.5) is 0 Å². The maximum atomic E-state index is 11.1. The summed E-state index contributed by atoms with van der Waals surface area (Å²) in [7, 11) is 0. The highest BCUT2D eigenvalue weighted by atomic mass is 35.5. The SMILES string of the molecule is CCCc1nnc(SCc2cc(Cl)c3c(c2)OCCO3)n1CC(=O)O. The lowest BCUT2D eigenvalue weighted by Gasteiger charge is -2.20. The normalized spacial score (nSPS) is 13.0. The van der Waals surface area contributed by atoms with E-state index >= 15 is 0 Å². The monoisotopic (exact) mass is 383 g/mol. The quantitative estimate of drug-likeness (QED) is 0.735. The summed E-state index contributed by atoms with van der Waals surface area (Å²) in [6.07, 6.45) is 1.57. The summed E-state index contributed by atoms with van der Waals surface area (Å²) in [6, 6.07) is 3.71. The van der Waals surface area contributed by atoms with Gasteiger partial charge in [-0.05, 0) is 24.1 Å². The standard InChI is InChI=1S/C16H18ClN3O4S/c1-2-3-13-18-19-16(20(13)8-14(21)22)25-9-10-6-11(17)15-12(7-10)23-4-5-24-15/h6-7H,2-5,8-9H2,1H3,(H,21,22). The number of carboxylic acid groups (broad SMARTS) is 1. The summed E-state index contributed by atoms with van der Waals surface area (Å²) in [4.78, 5) is 11.1. The Labute approximate surface area is 154 Å². The van der Waals surface area contributed by atoms with Gasteiger partial charge in [0.05, 0.1) is 5.02 Å². The molecule has 3 rings (SSSR count). The average Bonchev–Trinajstić information content (AvgIpc) is 2.95. The van der Waals surface area contributed by atoms with E-state index in [0.717, 1.165) is 12.0 Å². The van der Waals surface area contributed by atoms with Crippen molar-refractivity contribution in [2.75, 3.05) is 13.2 Å². The molecule has 1 aromatic heterocycles. The first kappa shape index (κ1) is 17.9. The number of fused-ring (bicyclic) bond motifs is 1. The summed E-state index contributed by atoms with van der Waals surface area (Å²) >= 11 is 7.67. The van der Waals surface area contributed by atoms with E-state index in [1.807, 2.05) is 19.1 Å². The Balaban J connectivity index is 1.77. The Bertz CT molecular complexity index is 781. The van der Waals surface area contributed by atoms with Gasteiger partial charge in [-0.25, -0.2) is 0 Å². The summed E-state index contributed by atoms with van der Waals surface area (Å²) < 4.78 is 12.7. The molecule has 7 nitrogen and oxygen atoms in total. The molecule has 1 aliphatic rings. The topological polar surface area (TPSA) is 86.5 Å². The van der Waals surface area contributed by atoms with Gasteiger partial charge in [-0.3, -0.25) is 9.36 Å². The molecule has 0 radical (unpaired) electrons. The highest BCUT2D eigenvalue weighted by Crippen LogP contribution is 2.39. The van der Waals surface area contributed by atoms with Gasteiger partial charge in [-0.15, -0.1) is 10.2 Å². The van der Waals surface area contributed by atoms with E-state index in [2.05, 4.69) is 10.2 Å².